The number of rotatable bonds is 3. The van der Waals surface area contributed by atoms with Gasteiger partial charge < -0.3 is 15.1 Å². The summed E-state index contributed by atoms with van der Waals surface area (Å²) in [4.78, 5) is 18.6. The number of anilines is 2. The highest BCUT2D eigenvalue weighted by atomic mass is 15.3. The Kier molecular flexibility index (Phi) is 4.15. The van der Waals surface area contributed by atoms with E-state index >= 15 is 0 Å². The van der Waals surface area contributed by atoms with Gasteiger partial charge in [-0.05, 0) is 37.8 Å². The summed E-state index contributed by atoms with van der Waals surface area (Å²) in [6.45, 7) is 16.1. The SMILES string of the molecule is [C-]#[N+]c1c(-c2c(C)ccc3[nH]ncc23)nc(N2CCCC2)nc1N1CCC2(CNC2)C1. The van der Waals surface area contributed by atoms with Crippen LogP contribution in [-0.2, 0) is 0 Å². The fourth-order valence-electron chi connectivity index (χ4n) is 5.31. The Morgan fingerprint density at radius 1 is 1.10 bits per heavy atom. The average molecular weight is 415 g/mol. The molecular weight excluding hydrogens is 388 g/mol. The molecule has 3 fully saturated rings. The first-order chi connectivity index (χ1) is 15.2. The number of hydrogen-bond acceptors (Lipinski definition) is 6. The molecule has 158 valence electrons. The molecule has 0 amide bonds. The molecule has 0 atom stereocenters. The van der Waals surface area contributed by atoms with Crippen molar-refractivity contribution in [3.63, 3.8) is 0 Å². The van der Waals surface area contributed by atoms with Gasteiger partial charge >= 0.3 is 0 Å². The second kappa shape index (κ2) is 6.92. The summed E-state index contributed by atoms with van der Waals surface area (Å²) in [5.41, 5.74) is 4.67. The highest BCUT2D eigenvalue weighted by molar-refractivity contribution is 6.00. The molecule has 3 aromatic rings. The minimum Gasteiger partial charge on any atom is -0.364 e. The van der Waals surface area contributed by atoms with Crippen LogP contribution in [0.4, 0.5) is 17.5 Å². The normalized spacial score (nSPS) is 19.9. The van der Waals surface area contributed by atoms with Crippen LogP contribution in [0.5, 0.6) is 0 Å². The van der Waals surface area contributed by atoms with Crippen molar-refractivity contribution in [3.8, 4) is 11.3 Å². The van der Waals surface area contributed by atoms with Gasteiger partial charge in [-0.2, -0.15) is 5.10 Å². The van der Waals surface area contributed by atoms with Gasteiger partial charge in [-0.25, -0.2) is 14.8 Å². The Morgan fingerprint density at radius 2 is 1.94 bits per heavy atom. The molecule has 3 saturated heterocycles. The zero-order valence-electron chi connectivity index (χ0n) is 17.8. The second-order valence-corrected chi connectivity index (χ2v) is 9.21. The van der Waals surface area contributed by atoms with Crippen molar-refractivity contribution in [3.05, 3.63) is 35.3 Å². The molecule has 2 aromatic heterocycles. The highest BCUT2D eigenvalue weighted by Gasteiger charge is 2.44. The highest BCUT2D eigenvalue weighted by Crippen LogP contribution is 2.45. The maximum absolute atomic E-state index is 8.09. The Balaban J connectivity index is 1.56. The van der Waals surface area contributed by atoms with Crippen molar-refractivity contribution in [2.45, 2.75) is 26.2 Å². The van der Waals surface area contributed by atoms with E-state index in [0.717, 1.165) is 98.0 Å². The lowest BCUT2D eigenvalue weighted by Gasteiger charge is -2.39. The molecule has 1 spiro atoms. The Morgan fingerprint density at radius 3 is 2.65 bits per heavy atom. The Labute approximate surface area is 181 Å². The summed E-state index contributed by atoms with van der Waals surface area (Å²) in [5, 5.41) is 11.7. The molecule has 31 heavy (non-hydrogen) atoms. The summed E-state index contributed by atoms with van der Waals surface area (Å²) in [5.74, 6) is 1.55. The van der Waals surface area contributed by atoms with Gasteiger partial charge in [0, 0.05) is 55.6 Å². The number of H-pyrrole nitrogens is 1. The van der Waals surface area contributed by atoms with Crippen LogP contribution in [0.3, 0.4) is 0 Å². The first-order valence-electron chi connectivity index (χ1n) is 11.1. The summed E-state index contributed by atoms with van der Waals surface area (Å²) < 4.78 is 0. The van der Waals surface area contributed by atoms with Crippen LogP contribution >= 0.6 is 0 Å². The van der Waals surface area contributed by atoms with E-state index in [1.54, 1.807) is 0 Å². The van der Waals surface area contributed by atoms with Crippen molar-refractivity contribution in [1.82, 2.24) is 25.5 Å². The lowest BCUT2D eigenvalue weighted by molar-refractivity contribution is 0.199. The van der Waals surface area contributed by atoms with Gasteiger partial charge in [0.1, 0.15) is 5.82 Å². The van der Waals surface area contributed by atoms with Gasteiger partial charge in [-0.3, -0.25) is 5.10 Å². The van der Waals surface area contributed by atoms with Crippen molar-refractivity contribution in [1.29, 1.82) is 0 Å². The quantitative estimate of drug-likeness (QED) is 0.641. The largest absolute Gasteiger partial charge is 0.364 e. The lowest BCUT2D eigenvalue weighted by atomic mass is 9.81. The van der Waals surface area contributed by atoms with Crippen molar-refractivity contribution in [2.24, 2.45) is 5.41 Å². The standard InChI is InChI=1S/C23H26N8/c1-15-5-6-17-16(11-26-29-17)18(15)19-20(24-2)21(28-22(27-19)30-8-3-4-9-30)31-10-7-23(14-31)12-25-13-23/h5-6,11,25H,3-4,7-10,12-14H2,1H3,(H,26,29). The van der Waals surface area contributed by atoms with E-state index < -0.39 is 0 Å². The minimum absolute atomic E-state index is 0.332. The molecule has 2 N–H and O–H groups in total. The van der Waals surface area contributed by atoms with E-state index in [1.807, 2.05) is 12.3 Å². The molecule has 1 aromatic carbocycles. The molecule has 8 nitrogen and oxygen atoms in total. The zero-order valence-corrected chi connectivity index (χ0v) is 17.8. The number of fused-ring (bicyclic) bond motifs is 1. The van der Waals surface area contributed by atoms with E-state index in [9.17, 15) is 0 Å². The number of nitrogens with zero attached hydrogens (tertiary/aromatic N) is 6. The molecule has 0 aliphatic carbocycles. The molecule has 0 radical (unpaired) electrons. The Hall–Kier alpha value is -3.18. The molecule has 6 rings (SSSR count). The van der Waals surface area contributed by atoms with Gasteiger partial charge in [-0.1, -0.05) is 6.07 Å². The number of hydrogen-bond donors (Lipinski definition) is 2. The summed E-state index contributed by atoms with van der Waals surface area (Å²) >= 11 is 0. The molecule has 5 heterocycles. The van der Waals surface area contributed by atoms with Crippen molar-refractivity contribution < 1.29 is 0 Å². The molecule has 0 bridgehead atoms. The van der Waals surface area contributed by atoms with Crippen LogP contribution < -0.4 is 15.1 Å². The third-order valence-corrected chi connectivity index (χ3v) is 7.16. The van der Waals surface area contributed by atoms with Gasteiger partial charge in [0.25, 0.3) is 5.69 Å². The van der Waals surface area contributed by atoms with Gasteiger partial charge in [0.15, 0.2) is 0 Å². The third kappa shape index (κ3) is 2.87. The maximum Gasteiger partial charge on any atom is 0.254 e. The van der Waals surface area contributed by atoms with Crippen LogP contribution in [-0.4, -0.2) is 59.4 Å². The predicted octanol–water partition coefficient (Wildman–Crippen LogP) is 3.28. The van der Waals surface area contributed by atoms with E-state index in [1.165, 1.54) is 0 Å². The number of aryl methyl sites for hydroxylation is 1. The van der Waals surface area contributed by atoms with Gasteiger partial charge in [0.05, 0.1) is 24.0 Å². The van der Waals surface area contributed by atoms with Crippen molar-refractivity contribution >= 4 is 28.4 Å². The number of benzene rings is 1. The molecule has 0 saturated carbocycles. The van der Waals surface area contributed by atoms with Crippen LogP contribution in [0.15, 0.2) is 18.3 Å². The monoisotopic (exact) mass is 414 g/mol. The number of aromatic nitrogens is 4. The maximum atomic E-state index is 8.09. The van der Waals surface area contributed by atoms with Crippen LogP contribution in [0, 0.1) is 18.9 Å². The first kappa shape index (κ1) is 18.6. The van der Waals surface area contributed by atoms with Crippen LogP contribution in [0.1, 0.15) is 24.8 Å². The smallest absolute Gasteiger partial charge is 0.254 e. The van der Waals surface area contributed by atoms with Gasteiger partial charge in [-0.15, -0.1) is 0 Å². The zero-order chi connectivity index (χ0) is 21.0. The average Bonchev–Trinajstić information content (AvgIpc) is 3.52. The number of nitrogens with one attached hydrogen (secondary N) is 2. The van der Waals surface area contributed by atoms with E-state index in [-0.39, 0.29) is 0 Å². The van der Waals surface area contributed by atoms with E-state index in [0.29, 0.717) is 11.1 Å². The predicted molar refractivity (Wildman–Crippen MR) is 122 cm³/mol. The molecule has 3 aliphatic heterocycles. The third-order valence-electron chi connectivity index (χ3n) is 7.16. The fourth-order valence-corrected chi connectivity index (χ4v) is 5.31. The van der Waals surface area contributed by atoms with Crippen LogP contribution in [0.25, 0.3) is 27.0 Å². The number of aromatic amines is 1. The second-order valence-electron chi connectivity index (χ2n) is 9.21. The lowest BCUT2D eigenvalue weighted by Crippen LogP contribution is -2.54. The summed E-state index contributed by atoms with van der Waals surface area (Å²) in [6, 6.07) is 4.11. The topological polar surface area (TPSA) is 77.3 Å². The fraction of sp³-hybridized carbons (Fsp3) is 0.478. The Bertz CT molecular complexity index is 1200. The van der Waals surface area contributed by atoms with Crippen molar-refractivity contribution in [2.75, 3.05) is 49.1 Å². The van der Waals surface area contributed by atoms with Crippen LogP contribution in [0.2, 0.25) is 0 Å². The van der Waals surface area contributed by atoms with Gasteiger partial charge in [0.2, 0.25) is 5.95 Å². The molecule has 0 unspecified atom stereocenters. The first-order valence-corrected chi connectivity index (χ1v) is 11.1. The summed E-state index contributed by atoms with van der Waals surface area (Å²) in [7, 11) is 0. The molecular formula is C23H26N8. The molecule has 8 heteroatoms. The van der Waals surface area contributed by atoms with E-state index in [4.69, 9.17) is 16.5 Å². The minimum atomic E-state index is 0.332. The summed E-state index contributed by atoms with van der Waals surface area (Å²) in [6.07, 6.45) is 5.31. The van der Waals surface area contributed by atoms with E-state index in [2.05, 4.69) is 43.1 Å². The molecule has 3 aliphatic rings.